The molecule has 3 N–H and O–H groups in total. The van der Waals surface area contributed by atoms with E-state index in [1.54, 1.807) is 0 Å². The summed E-state index contributed by atoms with van der Waals surface area (Å²) in [6.45, 7) is 8.05. The third-order valence-corrected chi connectivity index (χ3v) is 4.33. The first-order valence-corrected chi connectivity index (χ1v) is 10.2. The number of carbonyl (C=O) groups is 4. The van der Waals surface area contributed by atoms with E-state index in [0.717, 1.165) is 0 Å². The lowest BCUT2D eigenvalue weighted by Crippen LogP contribution is -2.52. The first kappa shape index (κ1) is 26.9. The van der Waals surface area contributed by atoms with E-state index in [9.17, 15) is 24.3 Å². The van der Waals surface area contributed by atoms with Gasteiger partial charge >= 0.3 is 24.1 Å². The summed E-state index contributed by atoms with van der Waals surface area (Å²) in [5, 5.41) is 9.72. The molecule has 1 aromatic rings. The van der Waals surface area contributed by atoms with Gasteiger partial charge in [-0.1, -0.05) is 19.9 Å². The van der Waals surface area contributed by atoms with Crippen LogP contribution in [0.25, 0.3) is 0 Å². The van der Waals surface area contributed by atoms with Crippen molar-refractivity contribution < 1.29 is 43.2 Å². The van der Waals surface area contributed by atoms with E-state index < -0.39 is 35.7 Å². The van der Waals surface area contributed by atoms with Crippen molar-refractivity contribution in [3.63, 3.8) is 0 Å². The normalized spacial score (nSPS) is 13.6. The number of aliphatic carboxylic acids is 1. The van der Waals surface area contributed by atoms with Crippen LogP contribution in [0.5, 0.6) is 11.5 Å². The maximum atomic E-state index is 11.9. The van der Waals surface area contributed by atoms with Gasteiger partial charge in [-0.05, 0) is 37.0 Å². The molecule has 0 radical (unpaired) electrons. The number of carboxylic acids is 1. The lowest BCUT2D eigenvalue weighted by atomic mass is 9.86. The van der Waals surface area contributed by atoms with Crippen LogP contribution < -0.4 is 15.2 Å². The molecule has 0 bridgehead atoms. The van der Waals surface area contributed by atoms with Crippen LogP contribution in [0.2, 0.25) is 0 Å². The Labute approximate surface area is 187 Å². The Morgan fingerprint density at radius 2 is 1.62 bits per heavy atom. The highest BCUT2D eigenvalue weighted by Gasteiger charge is 2.37. The van der Waals surface area contributed by atoms with Gasteiger partial charge in [0.2, 0.25) is 0 Å². The van der Waals surface area contributed by atoms with E-state index in [2.05, 4.69) is 0 Å². The average Bonchev–Trinajstić information content (AvgIpc) is 2.62. The first-order valence-electron chi connectivity index (χ1n) is 10.2. The molecule has 10 nitrogen and oxygen atoms in total. The highest BCUT2D eigenvalue weighted by atomic mass is 16.7. The molecule has 10 heteroatoms. The first-order chi connectivity index (χ1) is 14.8. The number of hydrogen-bond acceptors (Lipinski definition) is 9. The number of carbonyl (C=O) groups excluding carboxylic acids is 3. The van der Waals surface area contributed by atoms with Crippen LogP contribution in [0, 0.1) is 5.92 Å². The van der Waals surface area contributed by atoms with Gasteiger partial charge in [0.15, 0.2) is 11.5 Å². The van der Waals surface area contributed by atoms with Gasteiger partial charge in [-0.2, -0.15) is 0 Å². The minimum absolute atomic E-state index is 0.00948. The Balaban J connectivity index is 2.94. The minimum Gasteiger partial charge on any atom is -0.480 e. The molecule has 0 spiro atoms. The van der Waals surface area contributed by atoms with Crippen molar-refractivity contribution in [1.82, 2.24) is 0 Å². The van der Waals surface area contributed by atoms with E-state index in [1.807, 2.05) is 13.8 Å². The summed E-state index contributed by atoms with van der Waals surface area (Å²) < 4.78 is 20.2. The van der Waals surface area contributed by atoms with Crippen LogP contribution in [0.3, 0.4) is 0 Å². The van der Waals surface area contributed by atoms with Crippen molar-refractivity contribution in [2.45, 2.75) is 65.5 Å². The predicted octanol–water partition coefficient (Wildman–Crippen LogP) is 2.84. The molecule has 0 saturated carbocycles. The van der Waals surface area contributed by atoms with E-state index in [-0.39, 0.29) is 30.9 Å². The van der Waals surface area contributed by atoms with Crippen molar-refractivity contribution in [2.24, 2.45) is 11.7 Å². The second kappa shape index (κ2) is 12.0. The molecule has 0 aromatic heterocycles. The summed E-state index contributed by atoms with van der Waals surface area (Å²) in [6.07, 6.45) is -1.43. The van der Waals surface area contributed by atoms with E-state index >= 15 is 0 Å². The molecule has 2 atom stereocenters. The fraction of sp³-hybridized carbons (Fsp3) is 0.545. The Kier molecular flexibility index (Phi) is 10.1. The summed E-state index contributed by atoms with van der Waals surface area (Å²) in [5.41, 5.74) is 4.75. The second-order valence-corrected chi connectivity index (χ2v) is 8.02. The Bertz CT molecular complexity index is 837. The van der Waals surface area contributed by atoms with Crippen molar-refractivity contribution in [1.29, 1.82) is 0 Å². The standard InChI is InChI=1S/C22H31NO9/c1-13(2)8-9-29-21(28)30-14(3)11-22(23,20(26)27)12-17-6-7-18(31-15(4)24)19(10-17)32-16(5)25/h6-7,10,13-14H,8-9,11-12,23H2,1-5H3,(H,26,27)/t14-,22?/m0/s1. The highest BCUT2D eigenvalue weighted by molar-refractivity contribution is 5.79. The third-order valence-electron chi connectivity index (χ3n) is 4.33. The van der Waals surface area contributed by atoms with Gasteiger partial charge in [0.1, 0.15) is 11.6 Å². The van der Waals surface area contributed by atoms with Crippen molar-refractivity contribution in [2.75, 3.05) is 6.61 Å². The zero-order chi connectivity index (χ0) is 24.5. The summed E-state index contributed by atoms with van der Waals surface area (Å²) in [5.74, 6) is -2.25. The van der Waals surface area contributed by atoms with Crippen LogP contribution in [-0.2, 0) is 30.3 Å². The van der Waals surface area contributed by atoms with Gasteiger partial charge in [-0.15, -0.1) is 0 Å². The average molecular weight is 453 g/mol. The summed E-state index contributed by atoms with van der Waals surface area (Å²) in [7, 11) is 0. The Morgan fingerprint density at radius 3 is 2.16 bits per heavy atom. The molecule has 32 heavy (non-hydrogen) atoms. The van der Waals surface area contributed by atoms with E-state index in [1.165, 1.54) is 39.0 Å². The fourth-order valence-electron chi connectivity index (χ4n) is 2.87. The second-order valence-electron chi connectivity index (χ2n) is 8.02. The quantitative estimate of drug-likeness (QED) is 0.378. The largest absolute Gasteiger partial charge is 0.508 e. The summed E-state index contributed by atoms with van der Waals surface area (Å²) >= 11 is 0. The van der Waals surface area contributed by atoms with Crippen LogP contribution >= 0.6 is 0 Å². The molecule has 1 aromatic carbocycles. The van der Waals surface area contributed by atoms with Crippen molar-refractivity contribution in [3.8, 4) is 11.5 Å². The van der Waals surface area contributed by atoms with Gasteiger partial charge in [0.05, 0.1) is 6.61 Å². The Hall–Kier alpha value is -3.14. The molecule has 0 fully saturated rings. The van der Waals surface area contributed by atoms with E-state index in [0.29, 0.717) is 17.9 Å². The van der Waals surface area contributed by atoms with Gasteiger partial charge in [0.25, 0.3) is 0 Å². The summed E-state index contributed by atoms with van der Waals surface area (Å²) in [6, 6.07) is 4.25. The zero-order valence-electron chi connectivity index (χ0n) is 19.0. The number of esters is 2. The van der Waals surface area contributed by atoms with Crippen molar-refractivity contribution in [3.05, 3.63) is 23.8 Å². The molecule has 0 saturated heterocycles. The molecule has 0 aliphatic heterocycles. The monoisotopic (exact) mass is 453 g/mol. The van der Waals surface area contributed by atoms with Crippen LogP contribution in [0.1, 0.15) is 53.0 Å². The molecule has 178 valence electrons. The molecule has 0 amide bonds. The van der Waals surface area contributed by atoms with Crippen LogP contribution in [-0.4, -0.2) is 47.4 Å². The minimum atomic E-state index is -1.80. The number of ether oxygens (including phenoxy) is 4. The molecular formula is C22H31NO9. The molecule has 1 rings (SSSR count). The number of rotatable bonds is 11. The molecule has 0 heterocycles. The maximum Gasteiger partial charge on any atom is 0.508 e. The topological polar surface area (TPSA) is 151 Å². The molecular weight excluding hydrogens is 422 g/mol. The molecule has 0 aliphatic carbocycles. The van der Waals surface area contributed by atoms with Crippen LogP contribution in [0.4, 0.5) is 4.79 Å². The van der Waals surface area contributed by atoms with Gasteiger partial charge < -0.3 is 29.8 Å². The SMILES string of the molecule is CC(=O)Oc1ccc(CC(N)(C[C@H](C)OC(=O)OCCC(C)C)C(=O)O)cc1OC(C)=O. The lowest BCUT2D eigenvalue weighted by molar-refractivity contribution is -0.144. The Morgan fingerprint density at radius 1 is 1.03 bits per heavy atom. The van der Waals surface area contributed by atoms with Crippen LogP contribution in [0.15, 0.2) is 18.2 Å². The lowest BCUT2D eigenvalue weighted by Gasteiger charge is -2.28. The van der Waals surface area contributed by atoms with E-state index in [4.69, 9.17) is 24.7 Å². The van der Waals surface area contributed by atoms with Gasteiger partial charge in [0, 0.05) is 26.7 Å². The van der Waals surface area contributed by atoms with Crippen molar-refractivity contribution >= 4 is 24.1 Å². The molecule has 0 aliphatic rings. The third kappa shape index (κ3) is 9.34. The smallest absolute Gasteiger partial charge is 0.480 e. The zero-order valence-corrected chi connectivity index (χ0v) is 19.0. The maximum absolute atomic E-state index is 11.9. The fourth-order valence-corrected chi connectivity index (χ4v) is 2.87. The number of nitrogens with two attached hydrogens (primary N) is 1. The predicted molar refractivity (Wildman–Crippen MR) is 113 cm³/mol. The van der Waals surface area contributed by atoms with Gasteiger partial charge in [-0.25, -0.2) is 4.79 Å². The molecule has 1 unspecified atom stereocenters. The number of hydrogen-bond donors (Lipinski definition) is 2. The number of carboxylic acid groups (broad SMARTS) is 1. The number of benzene rings is 1. The summed E-state index contributed by atoms with van der Waals surface area (Å²) in [4.78, 5) is 46.3. The highest BCUT2D eigenvalue weighted by Crippen LogP contribution is 2.31. The van der Waals surface area contributed by atoms with Gasteiger partial charge in [-0.3, -0.25) is 14.4 Å².